The highest BCUT2D eigenvalue weighted by Gasteiger charge is 2.00. The average Bonchev–Trinajstić information content (AvgIpc) is 1.99. The molecule has 1 unspecified atom stereocenters. The molecule has 0 aliphatic rings. The molecule has 0 rings (SSSR count). The predicted octanol–water partition coefficient (Wildman–Crippen LogP) is 1.30. The molecule has 0 saturated carbocycles. The van der Waals surface area contributed by atoms with Crippen LogP contribution in [0, 0.1) is 0 Å². The summed E-state index contributed by atoms with van der Waals surface area (Å²) in [6.45, 7) is 10.1. The van der Waals surface area contributed by atoms with E-state index in [0.29, 0.717) is 5.57 Å². The van der Waals surface area contributed by atoms with Crippen molar-refractivity contribution in [2.45, 2.75) is 6.23 Å². The number of rotatable bonds is 4. The van der Waals surface area contributed by atoms with E-state index in [-0.39, 0.29) is 0 Å². The van der Waals surface area contributed by atoms with E-state index in [0.717, 1.165) is 0 Å². The summed E-state index contributed by atoms with van der Waals surface area (Å²) in [6, 6.07) is 0. The largest absolute Gasteiger partial charge is 0.368 e. The highest BCUT2D eigenvalue weighted by molar-refractivity contribution is 5.30. The van der Waals surface area contributed by atoms with Crippen LogP contribution in [0.1, 0.15) is 0 Å². The first-order valence-electron chi connectivity index (χ1n) is 2.85. The molecule has 54 valence electrons. The second-order valence-electron chi connectivity index (χ2n) is 1.66. The van der Waals surface area contributed by atoms with Crippen molar-refractivity contribution in [1.82, 2.24) is 0 Å². The maximum atomic E-state index is 9.03. The summed E-state index contributed by atoms with van der Waals surface area (Å²) >= 11 is 0. The SMILES string of the molecule is C=C/C=C(\C=C)C(O)N=C. The Morgan fingerprint density at radius 2 is 2.10 bits per heavy atom. The Balaban J connectivity index is 4.32. The molecule has 0 fully saturated rings. The van der Waals surface area contributed by atoms with E-state index in [1.807, 2.05) is 0 Å². The van der Waals surface area contributed by atoms with Crippen LogP contribution in [-0.2, 0) is 0 Å². The molecule has 0 aromatic carbocycles. The zero-order valence-electron chi connectivity index (χ0n) is 5.83. The van der Waals surface area contributed by atoms with Crippen molar-refractivity contribution in [2.24, 2.45) is 4.99 Å². The fourth-order valence-corrected chi connectivity index (χ4v) is 0.501. The van der Waals surface area contributed by atoms with Crippen LogP contribution < -0.4 is 0 Å². The molecule has 0 aromatic heterocycles. The van der Waals surface area contributed by atoms with Gasteiger partial charge >= 0.3 is 0 Å². The van der Waals surface area contributed by atoms with Gasteiger partial charge in [-0.2, -0.15) is 0 Å². The van der Waals surface area contributed by atoms with Gasteiger partial charge in [-0.05, 0) is 6.72 Å². The molecule has 1 N–H and O–H groups in total. The van der Waals surface area contributed by atoms with Gasteiger partial charge < -0.3 is 5.11 Å². The quantitative estimate of drug-likeness (QED) is 0.459. The van der Waals surface area contributed by atoms with Crippen molar-refractivity contribution in [1.29, 1.82) is 0 Å². The van der Waals surface area contributed by atoms with Gasteiger partial charge in [-0.3, -0.25) is 4.99 Å². The molecule has 2 heteroatoms. The second kappa shape index (κ2) is 4.70. The highest BCUT2D eigenvalue weighted by Crippen LogP contribution is 2.03. The zero-order valence-corrected chi connectivity index (χ0v) is 5.83. The fraction of sp³-hybridized carbons (Fsp3) is 0.125. The van der Waals surface area contributed by atoms with E-state index >= 15 is 0 Å². The van der Waals surface area contributed by atoms with Crippen molar-refractivity contribution in [3.8, 4) is 0 Å². The minimum atomic E-state index is -0.879. The summed E-state index contributed by atoms with van der Waals surface area (Å²) in [5.41, 5.74) is 0.602. The summed E-state index contributed by atoms with van der Waals surface area (Å²) in [5, 5.41) is 9.03. The molecule has 10 heavy (non-hydrogen) atoms. The lowest BCUT2D eigenvalue weighted by Gasteiger charge is -2.02. The number of aliphatic hydroxyl groups excluding tert-OH is 1. The van der Waals surface area contributed by atoms with Gasteiger partial charge in [0.2, 0.25) is 0 Å². The number of nitrogens with zero attached hydrogens (tertiary/aromatic N) is 1. The van der Waals surface area contributed by atoms with Crippen LogP contribution in [0.25, 0.3) is 0 Å². The Kier molecular flexibility index (Phi) is 4.16. The summed E-state index contributed by atoms with van der Waals surface area (Å²) in [5.74, 6) is 0. The highest BCUT2D eigenvalue weighted by atomic mass is 16.3. The van der Waals surface area contributed by atoms with Gasteiger partial charge in [0.05, 0.1) is 0 Å². The third-order valence-electron chi connectivity index (χ3n) is 1.02. The molecule has 0 aliphatic carbocycles. The summed E-state index contributed by atoms with van der Waals surface area (Å²) in [6.07, 6.45) is 3.83. The van der Waals surface area contributed by atoms with E-state index in [4.69, 9.17) is 5.11 Å². The van der Waals surface area contributed by atoms with Gasteiger partial charge in [0.15, 0.2) is 6.23 Å². The van der Waals surface area contributed by atoms with Crippen LogP contribution in [-0.4, -0.2) is 18.1 Å². The maximum absolute atomic E-state index is 9.03. The maximum Gasteiger partial charge on any atom is 0.170 e. The van der Waals surface area contributed by atoms with Gasteiger partial charge in [-0.15, -0.1) is 0 Å². The minimum absolute atomic E-state index is 0.602. The summed E-state index contributed by atoms with van der Waals surface area (Å²) in [4.78, 5) is 3.40. The predicted molar refractivity (Wildman–Crippen MR) is 44.0 cm³/mol. The molecule has 0 radical (unpaired) electrons. The van der Waals surface area contributed by atoms with Crippen molar-refractivity contribution in [2.75, 3.05) is 0 Å². The molecule has 0 bridgehead atoms. The Morgan fingerprint density at radius 3 is 2.40 bits per heavy atom. The molecule has 0 aliphatic heterocycles. The van der Waals surface area contributed by atoms with Gasteiger partial charge in [0.25, 0.3) is 0 Å². The second-order valence-corrected chi connectivity index (χ2v) is 1.66. The Morgan fingerprint density at radius 1 is 1.50 bits per heavy atom. The standard InChI is InChI=1S/C8H11NO/c1-4-6-7(5-2)8(10)9-3/h4-6,8,10H,1-3H2/b7-6+. The van der Waals surface area contributed by atoms with Crippen LogP contribution in [0.4, 0.5) is 0 Å². The lowest BCUT2D eigenvalue weighted by molar-refractivity contribution is 0.226. The summed E-state index contributed by atoms with van der Waals surface area (Å²) in [7, 11) is 0. The molecule has 1 atom stereocenters. The van der Waals surface area contributed by atoms with E-state index in [1.165, 1.54) is 6.08 Å². The number of allylic oxidation sites excluding steroid dienone is 2. The lowest BCUT2D eigenvalue weighted by Crippen LogP contribution is -2.03. The Hall–Kier alpha value is -1.15. The molecule has 0 amide bonds. The normalized spacial score (nSPS) is 13.9. The molecular weight excluding hydrogens is 126 g/mol. The first-order chi connectivity index (χ1) is 4.76. The Bertz CT molecular complexity index is 170. The zero-order chi connectivity index (χ0) is 7.98. The fourth-order valence-electron chi connectivity index (χ4n) is 0.501. The topological polar surface area (TPSA) is 32.6 Å². The molecule has 0 saturated heterocycles. The number of aliphatic hydroxyl groups is 1. The smallest absolute Gasteiger partial charge is 0.170 e. The lowest BCUT2D eigenvalue weighted by atomic mass is 10.2. The third kappa shape index (κ3) is 2.42. The molecule has 2 nitrogen and oxygen atoms in total. The molecular formula is C8H11NO. The van der Waals surface area contributed by atoms with E-state index in [2.05, 4.69) is 24.9 Å². The number of aliphatic imine (C=N–C) groups is 1. The first-order valence-corrected chi connectivity index (χ1v) is 2.85. The van der Waals surface area contributed by atoms with E-state index in [9.17, 15) is 0 Å². The van der Waals surface area contributed by atoms with Crippen molar-refractivity contribution in [3.63, 3.8) is 0 Å². The van der Waals surface area contributed by atoms with Gasteiger partial charge in [0.1, 0.15) is 0 Å². The van der Waals surface area contributed by atoms with Gasteiger partial charge in [-0.25, -0.2) is 0 Å². The van der Waals surface area contributed by atoms with Crippen molar-refractivity contribution >= 4 is 6.72 Å². The number of hydrogen-bond donors (Lipinski definition) is 1. The van der Waals surface area contributed by atoms with Crippen LogP contribution in [0.15, 0.2) is 42.0 Å². The first kappa shape index (κ1) is 8.85. The van der Waals surface area contributed by atoms with Crippen LogP contribution in [0.3, 0.4) is 0 Å². The van der Waals surface area contributed by atoms with Gasteiger partial charge in [0, 0.05) is 5.57 Å². The average molecular weight is 137 g/mol. The molecule has 0 heterocycles. The van der Waals surface area contributed by atoms with Crippen molar-refractivity contribution in [3.05, 3.63) is 37.0 Å². The monoisotopic (exact) mass is 137 g/mol. The van der Waals surface area contributed by atoms with Crippen LogP contribution >= 0.6 is 0 Å². The van der Waals surface area contributed by atoms with Gasteiger partial charge in [-0.1, -0.05) is 31.4 Å². The minimum Gasteiger partial charge on any atom is -0.368 e. The van der Waals surface area contributed by atoms with E-state index < -0.39 is 6.23 Å². The Labute approximate surface area is 60.9 Å². The van der Waals surface area contributed by atoms with E-state index in [1.54, 1.807) is 12.2 Å². The van der Waals surface area contributed by atoms with Crippen molar-refractivity contribution < 1.29 is 5.11 Å². The molecule has 0 spiro atoms. The third-order valence-corrected chi connectivity index (χ3v) is 1.02. The molecule has 0 aromatic rings. The summed E-state index contributed by atoms with van der Waals surface area (Å²) < 4.78 is 0. The van der Waals surface area contributed by atoms with Crippen LogP contribution in [0.2, 0.25) is 0 Å². The van der Waals surface area contributed by atoms with Crippen LogP contribution in [0.5, 0.6) is 0 Å². The number of hydrogen-bond acceptors (Lipinski definition) is 2.